The first-order valence-corrected chi connectivity index (χ1v) is 16.1. The lowest BCUT2D eigenvalue weighted by atomic mass is 9.89. The van der Waals surface area contributed by atoms with Crippen LogP contribution < -0.4 is 5.32 Å². The molecule has 0 radical (unpaired) electrons. The van der Waals surface area contributed by atoms with Gasteiger partial charge in [-0.15, -0.1) is 0 Å². The van der Waals surface area contributed by atoms with Crippen LogP contribution in [0.25, 0.3) is 6.08 Å². The van der Waals surface area contributed by atoms with Crippen molar-refractivity contribution >= 4 is 33.7 Å². The molecule has 0 aromatic heterocycles. The van der Waals surface area contributed by atoms with E-state index < -0.39 is 21.2 Å². The SMILES string of the molecule is Cc1cc(C(=O)N2CCC(C)(O)CC2)cc(C)c1/C=C/S(=O)(=O)N1CCC2(CC1)N=C(c1ccc(F)c(C)c1C)NC2=O. The Morgan fingerprint density at radius 1 is 1.00 bits per heavy atom. The summed E-state index contributed by atoms with van der Waals surface area (Å²) in [6.07, 6.45) is 3.08. The number of benzene rings is 2. The van der Waals surface area contributed by atoms with Gasteiger partial charge in [0.25, 0.3) is 11.8 Å². The molecular formula is C32H39FN4O5S. The number of aryl methyl sites for hydroxylation is 2. The topological polar surface area (TPSA) is 119 Å². The molecule has 9 nitrogen and oxygen atoms in total. The predicted molar refractivity (Wildman–Crippen MR) is 164 cm³/mol. The maximum Gasteiger partial charge on any atom is 0.253 e. The Morgan fingerprint density at radius 2 is 1.60 bits per heavy atom. The standard InChI is InChI=1S/C32H39FN4O5S/c1-20-18-24(29(38)36-13-9-31(5,40)10-14-36)19-21(2)25(20)8-17-43(41,42)37-15-11-32(12-16-37)30(39)34-28(35-32)26-6-7-27(33)23(4)22(26)3/h6-8,17-19,40H,9-16H2,1-5H3,(H,34,35,39)/b17-8+. The lowest BCUT2D eigenvalue weighted by molar-refractivity contribution is -0.124. The Hall–Kier alpha value is -3.41. The first-order valence-electron chi connectivity index (χ1n) is 14.6. The van der Waals surface area contributed by atoms with Crippen LogP contribution in [0.4, 0.5) is 4.39 Å². The van der Waals surface area contributed by atoms with Crippen LogP contribution in [0, 0.1) is 33.5 Å². The molecule has 2 amide bonds. The van der Waals surface area contributed by atoms with Crippen molar-refractivity contribution in [3.05, 3.63) is 74.4 Å². The van der Waals surface area contributed by atoms with E-state index in [1.54, 1.807) is 49.9 Å². The molecule has 3 aliphatic rings. The van der Waals surface area contributed by atoms with Gasteiger partial charge < -0.3 is 15.3 Å². The normalized spacial score (nSPS) is 20.5. The Balaban J connectivity index is 1.27. The van der Waals surface area contributed by atoms with Crippen molar-refractivity contribution in [3.8, 4) is 0 Å². The largest absolute Gasteiger partial charge is 0.390 e. The molecule has 2 N–H and O–H groups in total. The smallest absolute Gasteiger partial charge is 0.253 e. The number of amidine groups is 1. The number of aliphatic imine (C=N–C) groups is 1. The van der Waals surface area contributed by atoms with Crippen LogP contribution in [0.15, 0.2) is 34.7 Å². The molecule has 2 saturated heterocycles. The third kappa shape index (κ3) is 6.03. The van der Waals surface area contributed by atoms with Crippen molar-refractivity contribution in [2.45, 2.75) is 71.4 Å². The molecule has 0 atom stereocenters. The average molecular weight is 611 g/mol. The van der Waals surface area contributed by atoms with Crippen LogP contribution in [-0.4, -0.2) is 77.7 Å². The van der Waals surface area contributed by atoms with E-state index in [4.69, 9.17) is 4.99 Å². The highest BCUT2D eigenvalue weighted by molar-refractivity contribution is 7.92. The second-order valence-corrected chi connectivity index (χ2v) is 14.2. The first kappa shape index (κ1) is 31.0. The number of hydrogen-bond acceptors (Lipinski definition) is 6. The molecular weight excluding hydrogens is 571 g/mol. The first-order chi connectivity index (χ1) is 20.1. The number of rotatable bonds is 5. The molecule has 2 aromatic rings. The van der Waals surface area contributed by atoms with Crippen LogP contribution >= 0.6 is 0 Å². The molecule has 3 heterocycles. The van der Waals surface area contributed by atoms with Gasteiger partial charge in [0.1, 0.15) is 17.2 Å². The molecule has 1 spiro atoms. The summed E-state index contributed by atoms with van der Waals surface area (Å²) in [5, 5.41) is 14.2. The van der Waals surface area contributed by atoms with Gasteiger partial charge in [-0.25, -0.2) is 12.8 Å². The molecule has 2 aromatic carbocycles. The fourth-order valence-electron chi connectivity index (χ4n) is 6.11. The van der Waals surface area contributed by atoms with E-state index in [2.05, 4.69) is 5.32 Å². The number of carbonyl (C=O) groups excluding carboxylic acids is 2. The molecule has 0 aliphatic carbocycles. The Morgan fingerprint density at radius 3 is 2.21 bits per heavy atom. The third-order valence-electron chi connectivity index (χ3n) is 9.24. The van der Waals surface area contributed by atoms with Gasteiger partial charge in [-0.05, 0) is 118 Å². The van der Waals surface area contributed by atoms with Crippen molar-refractivity contribution in [1.82, 2.24) is 14.5 Å². The summed E-state index contributed by atoms with van der Waals surface area (Å²) in [7, 11) is -3.78. The third-order valence-corrected chi connectivity index (χ3v) is 10.8. The van der Waals surface area contributed by atoms with E-state index in [9.17, 15) is 27.5 Å². The fourth-order valence-corrected chi connectivity index (χ4v) is 7.28. The predicted octanol–water partition coefficient (Wildman–Crippen LogP) is 3.76. The zero-order chi connectivity index (χ0) is 31.3. The quantitative estimate of drug-likeness (QED) is 0.535. The second kappa shape index (κ2) is 11.3. The van der Waals surface area contributed by atoms with Gasteiger partial charge in [0, 0.05) is 42.7 Å². The number of amides is 2. The van der Waals surface area contributed by atoms with Gasteiger partial charge in [0.15, 0.2) is 0 Å². The molecule has 11 heteroatoms. The molecule has 5 rings (SSSR count). The lowest BCUT2D eigenvalue weighted by Gasteiger charge is -2.36. The molecule has 0 saturated carbocycles. The second-order valence-electron chi connectivity index (χ2n) is 12.4. The van der Waals surface area contributed by atoms with E-state index in [1.807, 2.05) is 13.8 Å². The highest BCUT2D eigenvalue weighted by atomic mass is 32.2. The Bertz CT molecular complexity index is 1620. The highest BCUT2D eigenvalue weighted by Gasteiger charge is 2.47. The summed E-state index contributed by atoms with van der Waals surface area (Å²) in [4.78, 5) is 32.6. The van der Waals surface area contributed by atoms with Crippen LogP contribution in [-0.2, 0) is 14.8 Å². The fraction of sp³-hybridized carbons (Fsp3) is 0.469. The summed E-state index contributed by atoms with van der Waals surface area (Å²) in [6.45, 7) is 10.2. The van der Waals surface area contributed by atoms with Crippen molar-refractivity contribution in [2.24, 2.45) is 4.99 Å². The number of likely N-dealkylation sites (tertiary alicyclic amines) is 1. The minimum absolute atomic E-state index is 0.0985. The summed E-state index contributed by atoms with van der Waals surface area (Å²) < 4.78 is 41.9. The zero-order valence-electron chi connectivity index (χ0n) is 25.3. The number of piperidine rings is 2. The number of halogens is 1. The van der Waals surface area contributed by atoms with Crippen molar-refractivity contribution in [2.75, 3.05) is 26.2 Å². The van der Waals surface area contributed by atoms with E-state index in [-0.39, 0.29) is 43.6 Å². The minimum Gasteiger partial charge on any atom is -0.390 e. The highest BCUT2D eigenvalue weighted by Crippen LogP contribution is 2.33. The van der Waals surface area contributed by atoms with E-state index >= 15 is 0 Å². The molecule has 3 aliphatic heterocycles. The monoisotopic (exact) mass is 610 g/mol. The van der Waals surface area contributed by atoms with Gasteiger partial charge in [-0.1, -0.05) is 0 Å². The number of sulfonamides is 1. The Kier molecular flexibility index (Phi) is 8.12. The van der Waals surface area contributed by atoms with Gasteiger partial charge in [0.05, 0.1) is 5.60 Å². The molecule has 43 heavy (non-hydrogen) atoms. The van der Waals surface area contributed by atoms with E-state index in [0.717, 1.165) is 16.7 Å². The number of carbonyl (C=O) groups is 2. The zero-order valence-corrected chi connectivity index (χ0v) is 26.1. The van der Waals surface area contributed by atoms with Crippen LogP contribution in [0.5, 0.6) is 0 Å². The van der Waals surface area contributed by atoms with Gasteiger partial charge in [-0.2, -0.15) is 4.31 Å². The number of nitrogens with one attached hydrogen (secondary N) is 1. The molecule has 230 valence electrons. The van der Waals surface area contributed by atoms with Crippen molar-refractivity contribution in [3.63, 3.8) is 0 Å². The van der Waals surface area contributed by atoms with Crippen LogP contribution in [0.2, 0.25) is 0 Å². The summed E-state index contributed by atoms with van der Waals surface area (Å²) >= 11 is 0. The maximum atomic E-state index is 14.0. The summed E-state index contributed by atoms with van der Waals surface area (Å²) in [6, 6.07) is 6.51. The van der Waals surface area contributed by atoms with E-state index in [0.29, 0.717) is 54.0 Å². The lowest BCUT2D eigenvalue weighted by Crippen LogP contribution is -2.50. The van der Waals surface area contributed by atoms with Crippen LogP contribution in [0.3, 0.4) is 0 Å². The molecule has 0 unspecified atom stereocenters. The van der Waals surface area contributed by atoms with Gasteiger partial charge in [-0.3, -0.25) is 14.6 Å². The summed E-state index contributed by atoms with van der Waals surface area (Å²) in [5.41, 5.74) is 2.88. The van der Waals surface area contributed by atoms with E-state index in [1.165, 1.54) is 15.8 Å². The Labute approximate surface area is 252 Å². The molecule has 2 fully saturated rings. The summed E-state index contributed by atoms with van der Waals surface area (Å²) in [5.74, 6) is -0.302. The molecule has 0 bridgehead atoms. The van der Waals surface area contributed by atoms with Gasteiger partial charge in [0.2, 0.25) is 10.0 Å². The van der Waals surface area contributed by atoms with Gasteiger partial charge >= 0.3 is 0 Å². The number of aliphatic hydroxyl groups is 1. The maximum absolute atomic E-state index is 14.0. The number of hydrogen-bond donors (Lipinski definition) is 2. The number of nitrogens with zero attached hydrogens (tertiary/aromatic N) is 3. The van der Waals surface area contributed by atoms with Crippen molar-refractivity contribution in [1.29, 1.82) is 0 Å². The van der Waals surface area contributed by atoms with Crippen LogP contribution in [0.1, 0.15) is 76.3 Å². The minimum atomic E-state index is -3.78. The average Bonchev–Trinajstić information content (AvgIpc) is 3.25. The van der Waals surface area contributed by atoms with Crippen molar-refractivity contribution < 1.29 is 27.5 Å².